The van der Waals surface area contributed by atoms with Crippen LogP contribution in [0.2, 0.25) is 0 Å². The molecule has 130 valence electrons. The Morgan fingerprint density at radius 3 is 2.62 bits per heavy atom. The first-order valence-corrected chi connectivity index (χ1v) is 10.5. The molecule has 0 amide bonds. The Kier molecular flexibility index (Phi) is 4.73. The summed E-state index contributed by atoms with van der Waals surface area (Å²) in [6.07, 6.45) is 1.85. The topological polar surface area (TPSA) is 60.7 Å². The lowest BCUT2D eigenvalue weighted by Crippen LogP contribution is -2.22. The Morgan fingerprint density at radius 1 is 1.23 bits per heavy atom. The van der Waals surface area contributed by atoms with Gasteiger partial charge in [0.05, 0.1) is 22.7 Å². The molecule has 0 spiro atoms. The van der Waals surface area contributed by atoms with Crippen molar-refractivity contribution in [1.82, 2.24) is 9.38 Å². The van der Waals surface area contributed by atoms with Crippen LogP contribution in [0.1, 0.15) is 12.5 Å². The minimum Gasteiger partial charge on any atom is -0.424 e. The fourth-order valence-corrected chi connectivity index (χ4v) is 5.69. The van der Waals surface area contributed by atoms with E-state index in [1.54, 1.807) is 4.40 Å². The smallest absolute Gasteiger partial charge is 0.308 e. The SMILES string of the molecule is CC(=O)Oc1c(I)cc(/C=c2\sc3nc4ccccc4n3c2=O)cc1I. The number of imidazole rings is 1. The molecule has 26 heavy (non-hydrogen) atoms. The van der Waals surface area contributed by atoms with Gasteiger partial charge in [-0.3, -0.25) is 9.59 Å². The standard InChI is InChI=1S/C18H10I2N2O3S/c1-9(23)25-16-11(19)6-10(7-12(16)20)8-15-17(24)22-14-5-3-2-4-13(14)21-18(22)26-15/h2-8H,1H3/b15-8-. The summed E-state index contributed by atoms with van der Waals surface area (Å²) in [5.74, 6) is 0.191. The molecule has 8 heteroatoms. The van der Waals surface area contributed by atoms with Crippen LogP contribution in [0.25, 0.3) is 22.1 Å². The number of esters is 1. The number of para-hydroxylation sites is 2. The molecule has 2 heterocycles. The molecule has 4 aromatic rings. The maximum absolute atomic E-state index is 12.8. The molecule has 0 aliphatic heterocycles. The predicted molar refractivity (Wildman–Crippen MR) is 119 cm³/mol. The molecule has 0 aliphatic carbocycles. The lowest BCUT2D eigenvalue weighted by Gasteiger charge is -2.07. The van der Waals surface area contributed by atoms with Crippen molar-refractivity contribution >= 4 is 84.6 Å². The monoisotopic (exact) mass is 588 g/mol. The number of carbonyl (C=O) groups is 1. The highest BCUT2D eigenvalue weighted by molar-refractivity contribution is 14.1. The van der Waals surface area contributed by atoms with Crippen molar-refractivity contribution in [2.75, 3.05) is 0 Å². The van der Waals surface area contributed by atoms with Crippen molar-refractivity contribution in [2.24, 2.45) is 0 Å². The lowest BCUT2D eigenvalue weighted by atomic mass is 10.2. The number of ether oxygens (including phenoxy) is 1. The van der Waals surface area contributed by atoms with Crippen LogP contribution in [0.5, 0.6) is 5.75 Å². The molecule has 0 fully saturated rings. The molecule has 0 radical (unpaired) electrons. The number of rotatable bonds is 2. The fraction of sp³-hybridized carbons (Fsp3) is 0.0556. The van der Waals surface area contributed by atoms with Crippen molar-refractivity contribution < 1.29 is 9.53 Å². The molecule has 0 saturated carbocycles. The molecule has 0 saturated heterocycles. The number of hydrogen-bond acceptors (Lipinski definition) is 5. The van der Waals surface area contributed by atoms with E-state index in [1.807, 2.05) is 42.5 Å². The molecule has 4 rings (SSSR count). The van der Waals surface area contributed by atoms with Gasteiger partial charge < -0.3 is 4.74 Å². The van der Waals surface area contributed by atoms with Gasteiger partial charge >= 0.3 is 5.97 Å². The van der Waals surface area contributed by atoms with Gasteiger partial charge in [-0.25, -0.2) is 9.38 Å². The summed E-state index contributed by atoms with van der Waals surface area (Å²) in [6, 6.07) is 11.4. The molecule has 0 unspecified atom stereocenters. The van der Waals surface area contributed by atoms with E-state index in [9.17, 15) is 9.59 Å². The van der Waals surface area contributed by atoms with Gasteiger partial charge in [-0.1, -0.05) is 23.5 Å². The van der Waals surface area contributed by atoms with E-state index >= 15 is 0 Å². The number of benzene rings is 2. The van der Waals surface area contributed by atoms with Crippen molar-refractivity contribution in [3.05, 3.63) is 64.0 Å². The molecule has 2 aromatic carbocycles. The van der Waals surface area contributed by atoms with E-state index in [0.717, 1.165) is 23.7 Å². The number of hydrogen-bond donors (Lipinski definition) is 0. The summed E-state index contributed by atoms with van der Waals surface area (Å²) in [5, 5.41) is 0. The predicted octanol–water partition coefficient (Wildman–Crippen LogP) is 3.59. The molecule has 0 N–H and O–H groups in total. The molecule has 0 bridgehead atoms. The van der Waals surface area contributed by atoms with Gasteiger partial charge in [0, 0.05) is 6.92 Å². The van der Waals surface area contributed by atoms with E-state index < -0.39 is 0 Å². The van der Waals surface area contributed by atoms with Crippen molar-refractivity contribution in [1.29, 1.82) is 0 Å². The number of halogens is 2. The number of fused-ring (bicyclic) bond motifs is 3. The first kappa shape index (κ1) is 17.9. The van der Waals surface area contributed by atoms with Crippen LogP contribution < -0.4 is 14.8 Å². The van der Waals surface area contributed by atoms with E-state index in [2.05, 4.69) is 50.2 Å². The fourth-order valence-electron chi connectivity index (χ4n) is 2.67. The largest absolute Gasteiger partial charge is 0.424 e. The summed E-state index contributed by atoms with van der Waals surface area (Å²) < 4.78 is 9.14. The van der Waals surface area contributed by atoms with Crippen LogP contribution in [0.15, 0.2) is 41.2 Å². The van der Waals surface area contributed by atoms with Gasteiger partial charge in [0.2, 0.25) is 0 Å². The second-order valence-electron chi connectivity index (χ2n) is 5.54. The second kappa shape index (κ2) is 6.89. The molecular weight excluding hydrogens is 578 g/mol. The van der Waals surface area contributed by atoms with Crippen molar-refractivity contribution in [3.8, 4) is 5.75 Å². The van der Waals surface area contributed by atoms with Crippen LogP contribution in [0.4, 0.5) is 0 Å². The number of aromatic nitrogens is 2. The van der Waals surface area contributed by atoms with E-state index in [-0.39, 0.29) is 11.5 Å². The van der Waals surface area contributed by atoms with Crippen molar-refractivity contribution in [2.45, 2.75) is 6.92 Å². The summed E-state index contributed by atoms with van der Waals surface area (Å²) >= 11 is 5.62. The normalized spacial score (nSPS) is 12.2. The number of thiazole rings is 1. The second-order valence-corrected chi connectivity index (χ2v) is 8.88. The van der Waals surface area contributed by atoms with Gasteiger partial charge in [-0.05, 0) is 81.1 Å². The van der Waals surface area contributed by atoms with Crippen LogP contribution in [0.3, 0.4) is 0 Å². The van der Waals surface area contributed by atoms with Crippen LogP contribution >= 0.6 is 56.5 Å². The Hall–Kier alpha value is -1.53. The van der Waals surface area contributed by atoms with Crippen LogP contribution in [-0.2, 0) is 4.79 Å². The quantitative estimate of drug-likeness (QED) is 0.204. The summed E-state index contributed by atoms with van der Waals surface area (Å²) in [7, 11) is 0. The molecular formula is C18H10I2N2O3S. The zero-order valence-corrected chi connectivity index (χ0v) is 18.5. The summed E-state index contributed by atoms with van der Waals surface area (Å²) in [6.45, 7) is 1.38. The van der Waals surface area contributed by atoms with Gasteiger partial charge in [-0.15, -0.1) is 0 Å². The minimum absolute atomic E-state index is 0.0761. The highest BCUT2D eigenvalue weighted by atomic mass is 127. The Labute approximate surface area is 179 Å². The summed E-state index contributed by atoms with van der Waals surface area (Å²) in [5.41, 5.74) is 2.43. The average molecular weight is 588 g/mol. The summed E-state index contributed by atoms with van der Waals surface area (Å²) in [4.78, 5) is 29.3. The minimum atomic E-state index is -0.356. The van der Waals surface area contributed by atoms with Crippen LogP contribution in [0, 0.1) is 7.14 Å². The maximum Gasteiger partial charge on any atom is 0.308 e. The highest BCUT2D eigenvalue weighted by Gasteiger charge is 2.13. The third-order valence-corrected chi connectivity index (χ3v) is 6.28. The number of carbonyl (C=O) groups excluding carboxylic acids is 1. The third kappa shape index (κ3) is 3.14. The average Bonchev–Trinajstić information content (AvgIpc) is 3.08. The molecule has 2 aromatic heterocycles. The van der Waals surface area contributed by atoms with E-state index in [0.29, 0.717) is 15.2 Å². The zero-order valence-electron chi connectivity index (χ0n) is 13.3. The van der Waals surface area contributed by atoms with Crippen LogP contribution in [-0.4, -0.2) is 15.4 Å². The van der Waals surface area contributed by atoms with E-state index in [1.165, 1.54) is 18.3 Å². The van der Waals surface area contributed by atoms with Gasteiger partial charge in [0.1, 0.15) is 0 Å². The Bertz CT molecular complexity index is 1270. The molecule has 5 nitrogen and oxygen atoms in total. The zero-order chi connectivity index (χ0) is 18.4. The van der Waals surface area contributed by atoms with Gasteiger partial charge in [-0.2, -0.15) is 0 Å². The van der Waals surface area contributed by atoms with E-state index in [4.69, 9.17) is 4.74 Å². The van der Waals surface area contributed by atoms with Crippen molar-refractivity contribution in [3.63, 3.8) is 0 Å². The lowest BCUT2D eigenvalue weighted by molar-refractivity contribution is -0.132. The molecule has 0 aliphatic rings. The first-order chi connectivity index (χ1) is 12.4. The Balaban J connectivity index is 1.88. The van der Waals surface area contributed by atoms with Gasteiger partial charge in [0.15, 0.2) is 10.7 Å². The molecule has 0 atom stereocenters. The van der Waals surface area contributed by atoms with Gasteiger partial charge in [0.25, 0.3) is 5.56 Å². The number of nitrogens with zero attached hydrogens (tertiary/aromatic N) is 2. The third-order valence-electron chi connectivity index (χ3n) is 3.71. The Morgan fingerprint density at radius 2 is 1.92 bits per heavy atom. The first-order valence-electron chi connectivity index (χ1n) is 7.53. The highest BCUT2D eigenvalue weighted by Crippen LogP contribution is 2.29. The maximum atomic E-state index is 12.8.